The minimum Gasteiger partial charge on any atom is -0.494 e. The molecule has 8 heteroatoms. The Morgan fingerprint density at radius 2 is 1.89 bits per heavy atom. The molecule has 1 aromatic heterocycles. The van der Waals surface area contributed by atoms with Gasteiger partial charge in [0.05, 0.1) is 41.5 Å². The van der Waals surface area contributed by atoms with Crippen molar-refractivity contribution >= 4 is 39.7 Å². The Labute approximate surface area is 220 Å². The van der Waals surface area contributed by atoms with E-state index in [1.807, 2.05) is 68.4 Å². The quantitative estimate of drug-likeness (QED) is 0.268. The SMILES string of the molecule is CCOC(=O)[C@H]1CCCN(c2cc(Nc3ccc(OCC)cc3)c3c4c(onc24)-c2ccccc2C3=O)C1. The summed E-state index contributed by atoms with van der Waals surface area (Å²) in [6, 6.07) is 17.1. The van der Waals surface area contributed by atoms with Crippen LogP contribution in [0.5, 0.6) is 5.75 Å². The number of hydrogen-bond acceptors (Lipinski definition) is 8. The summed E-state index contributed by atoms with van der Waals surface area (Å²) in [6.07, 6.45) is 1.63. The molecule has 2 heterocycles. The predicted molar refractivity (Wildman–Crippen MR) is 145 cm³/mol. The lowest BCUT2D eigenvalue weighted by atomic mass is 9.86. The third-order valence-electron chi connectivity index (χ3n) is 7.20. The van der Waals surface area contributed by atoms with E-state index in [1.54, 1.807) is 0 Å². The minimum atomic E-state index is -0.220. The number of hydrogen-bond donors (Lipinski definition) is 1. The van der Waals surface area contributed by atoms with Gasteiger partial charge in [-0.05, 0) is 57.0 Å². The first kappa shape index (κ1) is 24.0. The van der Waals surface area contributed by atoms with Crippen molar-refractivity contribution in [3.63, 3.8) is 0 Å². The van der Waals surface area contributed by atoms with E-state index in [4.69, 9.17) is 14.0 Å². The van der Waals surface area contributed by atoms with Crippen LogP contribution < -0.4 is 15.0 Å². The molecule has 6 rings (SSSR count). The van der Waals surface area contributed by atoms with Crippen molar-refractivity contribution in [2.45, 2.75) is 26.7 Å². The van der Waals surface area contributed by atoms with Gasteiger partial charge in [0.2, 0.25) is 0 Å². The fourth-order valence-electron chi connectivity index (χ4n) is 5.49. The average molecular weight is 512 g/mol. The van der Waals surface area contributed by atoms with Crippen molar-refractivity contribution in [1.29, 1.82) is 0 Å². The first-order valence-corrected chi connectivity index (χ1v) is 13.1. The van der Waals surface area contributed by atoms with E-state index in [0.717, 1.165) is 42.1 Å². The maximum Gasteiger partial charge on any atom is 0.310 e. The van der Waals surface area contributed by atoms with Crippen LogP contribution in [0.3, 0.4) is 0 Å². The number of benzene rings is 3. The highest BCUT2D eigenvalue weighted by Gasteiger charge is 2.35. The predicted octanol–water partition coefficient (Wildman–Crippen LogP) is 5.96. The van der Waals surface area contributed by atoms with Crippen molar-refractivity contribution in [3.05, 3.63) is 65.7 Å². The molecule has 0 unspecified atom stereocenters. The lowest BCUT2D eigenvalue weighted by molar-refractivity contribution is -0.148. The number of rotatable bonds is 7. The summed E-state index contributed by atoms with van der Waals surface area (Å²) in [5.74, 6) is 0.886. The number of carbonyl (C=O) groups excluding carboxylic acids is 2. The molecular weight excluding hydrogens is 482 g/mol. The third-order valence-corrected chi connectivity index (χ3v) is 7.20. The highest BCUT2D eigenvalue weighted by atomic mass is 16.5. The van der Waals surface area contributed by atoms with Crippen LogP contribution in [0.15, 0.2) is 59.1 Å². The number of ketones is 1. The molecule has 1 atom stereocenters. The molecule has 2 aliphatic rings. The summed E-state index contributed by atoms with van der Waals surface area (Å²) < 4.78 is 16.8. The van der Waals surface area contributed by atoms with Crippen LogP contribution in [-0.4, -0.2) is 43.2 Å². The van der Waals surface area contributed by atoms with Crippen LogP contribution in [0.2, 0.25) is 0 Å². The van der Waals surface area contributed by atoms with Crippen molar-refractivity contribution in [1.82, 2.24) is 5.16 Å². The molecule has 0 spiro atoms. The number of esters is 1. The second-order valence-electron chi connectivity index (χ2n) is 9.55. The number of fused-ring (bicyclic) bond motifs is 2. The molecule has 1 aliphatic carbocycles. The number of aromatic nitrogens is 1. The zero-order valence-corrected chi connectivity index (χ0v) is 21.5. The fourth-order valence-corrected chi connectivity index (χ4v) is 5.49. The van der Waals surface area contributed by atoms with E-state index < -0.39 is 0 Å². The monoisotopic (exact) mass is 511 g/mol. The summed E-state index contributed by atoms with van der Waals surface area (Å²) in [5, 5.41) is 8.62. The highest BCUT2D eigenvalue weighted by molar-refractivity contribution is 6.28. The highest BCUT2D eigenvalue weighted by Crippen LogP contribution is 2.46. The minimum absolute atomic E-state index is 0.0793. The normalized spacial score (nSPS) is 16.3. The Morgan fingerprint density at radius 3 is 2.66 bits per heavy atom. The summed E-state index contributed by atoms with van der Waals surface area (Å²) in [6.45, 7) is 6.00. The van der Waals surface area contributed by atoms with E-state index in [2.05, 4.69) is 15.4 Å². The summed E-state index contributed by atoms with van der Waals surface area (Å²) in [7, 11) is 0. The lowest BCUT2D eigenvalue weighted by Crippen LogP contribution is -2.39. The zero-order valence-electron chi connectivity index (χ0n) is 21.5. The molecule has 194 valence electrons. The molecule has 1 N–H and O–H groups in total. The molecular formula is C30H29N3O5. The number of nitrogens with one attached hydrogen (secondary N) is 1. The molecule has 38 heavy (non-hydrogen) atoms. The first-order valence-electron chi connectivity index (χ1n) is 13.1. The van der Waals surface area contributed by atoms with Gasteiger partial charge in [-0.1, -0.05) is 29.4 Å². The zero-order chi connectivity index (χ0) is 26.2. The number of ether oxygens (including phenoxy) is 2. The van der Waals surface area contributed by atoms with Gasteiger partial charge in [-0.25, -0.2) is 0 Å². The topological polar surface area (TPSA) is 93.9 Å². The van der Waals surface area contributed by atoms with Crippen molar-refractivity contribution < 1.29 is 23.6 Å². The van der Waals surface area contributed by atoms with Gasteiger partial charge in [-0.2, -0.15) is 0 Å². The van der Waals surface area contributed by atoms with Gasteiger partial charge in [0, 0.05) is 29.9 Å². The van der Waals surface area contributed by atoms with Gasteiger partial charge in [0.15, 0.2) is 11.5 Å². The number of nitrogens with zero attached hydrogens (tertiary/aromatic N) is 2. The van der Waals surface area contributed by atoms with E-state index in [0.29, 0.717) is 53.2 Å². The number of anilines is 3. The number of carbonyl (C=O) groups is 2. The Balaban J connectivity index is 1.48. The van der Waals surface area contributed by atoms with E-state index >= 15 is 0 Å². The maximum absolute atomic E-state index is 13.8. The van der Waals surface area contributed by atoms with Crippen molar-refractivity contribution in [2.75, 3.05) is 36.5 Å². The van der Waals surface area contributed by atoms with Crippen LogP contribution in [-0.2, 0) is 9.53 Å². The molecule has 0 radical (unpaired) electrons. The summed E-state index contributed by atoms with van der Waals surface area (Å²) >= 11 is 0. The molecule has 0 saturated carbocycles. The molecule has 3 aromatic carbocycles. The van der Waals surface area contributed by atoms with Crippen LogP contribution in [0.25, 0.3) is 22.2 Å². The van der Waals surface area contributed by atoms with Crippen LogP contribution >= 0.6 is 0 Å². The Morgan fingerprint density at radius 1 is 1.11 bits per heavy atom. The summed E-state index contributed by atoms with van der Waals surface area (Å²) in [4.78, 5) is 28.6. The Bertz CT molecular complexity index is 1530. The van der Waals surface area contributed by atoms with Gasteiger partial charge in [-0.3, -0.25) is 9.59 Å². The second-order valence-corrected chi connectivity index (χ2v) is 9.55. The number of piperidine rings is 1. The lowest BCUT2D eigenvalue weighted by Gasteiger charge is -2.34. The molecule has 1 aliphatic heterocycles. The van der Waals surface area contributed by atoms with Crippen molar-refractivity contribution in [3.8, 4) is 17.1 Å². The van der Waals surface area contributed by atoms with Crippen LogP contribution in [0.1, 0.15) is 42.6 Å². The average Bonchev–Trinajstić information content (AvgIpc) is 3.39. The van der Waals surface area contributed by atoms with E-state index in [-0.39, 0.29) is 17.7 Å². The first-order chi connectivity index (χ1) is 18.6. The Kier molecular flexibility index (Phi) is 6.23. The van der Waals surface area contributed by atoms with Gasteiger partial charge in [0.25, 0.3) is 0 Å². The van der Waals surface area contributed by atoms with Crippen LogP contribution in [0.4, 0.5) is 17.1 Å². The second kappa shape index (κ2) is 9.85. The molecule has 0 amide bonds. The summed E-state index contributed by atoms with van der Waals surface area (Å²) in [5.41, 5.74) is 4.79. The third kappa shape index (κ3) is 4.06. The van der Waals surface area contributed by atoms with Crippen molar-refractivity contribution in [2.24, 2.45) is 5.92 Å². The van der Waals surface area contributed by atoms with Gasteiger partial charge in [-0.15, -0.1) is 0 Å². The molecule has 4 aromatic rings. The largest absolute Gasteiger partial charge is 0.494 e. The van der Waals surface area contributed by atoms with Gasteiger partial charge in [0.1, 0.15) is 11.3 Å². The Hall–Kier alpha value is -4.33. The standard InChI is InChI=1S/C30H29N3O5/c1-3-36-20-13-11-19(12-14-20)31-23-16-24(33-15-7-8-18(17-33)30(35)37-4-2)27-26-25(23)28(34)21-9-5-6-10-22(21)29(26)38-32-27/h5-6,9-14,16,18,31H,3-4,7-8,15,17H2,1-2H3/t18-/m0/s1. The molecule has 1 fully saturated rings. The van der Waals surface area contributed by atoms with Crippen LogP contribution in [0, 0.1) is 5.92 Å². The maximum atomic E-state index is 13.8. The molecule has 1 saturated heterocycles. The van der Waals surface area contributed by atoms with Gasteiger partial charge < -0.3 is 24.2 Å². The molecule has 0 bridgehead atoms. The van der Waals surface area contributed by atoms with E-state index in [1.165, 1.54) is 0 Å². The fraction of sp³-hybridized carbons (Fsp3) is 0.300. The van der Waals surface area contributed by atoms with E-state index in [9.17, 15) is 9.59 Å². The molecule has 8 nitrogen and oxygen atoms in total. The smallest absolute Gasteiger partial charge is 0.310 e. The van der Waals surface area contributed by atoms with Gasteiger partial charge >= 0.3 is 5.97 Å².